The van der Waals surface area contributed by atoms with Crippen molar-refractivity contribution in [2.75, 3.05) is 31.2 Å². The third-order valence-electron chi connectivity index (χ3n) is 2.53. The topological polar surface area (TPSA) is 25.4 Å². The van der Waals surface area contributed by atoms with E-state index in [0.717, 1.165) is 30.8 Å². The van der Waals surface area contributed by atoms with Gasteiger partial charge in [-0.1, -0.05) is 6.92 Å². The monoisotopic (exact) mass is 270 g/mol. The molecule has 1 aliphatic heterocycles. The van der Waals surface area contributed by atoms with Gasteiger partial charge in [0, 0.05) is 25.5 Å². The summed E-state index contributed by atoms with van der Waals surface area (Å²) in [6.45, 7) is 5.88. The van der Waals surface area contributed by atoms with Crippen LogP contribution in [0.5, 0.6) is 0 Å². The van der Waals surface area contributed by atoms with Gasteiger partial charge in [0.1, 0.15) is 0 Å². The van der Waals surface area contributed by atoms with Gasteiger partial charge in [0.05, 0.1) is 23.4 Å². The Bertz CT molecular complexity index is 332. The predicted molar refractivity (Wildman–Crippen MR) is 64.1 cm³/mol. The summed E-state index contributed by atoms with van der Waals surface area (Å²) >= 11 is 3.53. The molecule has 0 amide bonds. The summed E-state index contributed by atoms with van der Waals surface area (Å²) in [5, 5.41) is 0. The zero-order chi connectivity index (χ0) is 10.7. The van der Waals surface area contributed by atoms with Crippen LogP contribution in [-0.4, -0.2) is 31.3 Å². The Morgan fingerprint density at radius 1 is 1.60 bits per heavy atom. The van der Waals surface area contributed by atoms with Crippen LogP contribution in [-0.2, 0) is 4.74 Å². The maximum atomic E-state index is 5.53. The smallest absolute Gasteiger partial charge is 0.0641 e. The summed E-state index contributed by atoms with van der Waals surface area (Å²) in [7, 11) is 0. The zero-order valence-corrected chi connectivity index (χ0v) is 10.4. The van der Waals surface area contributed by atoms with Gasteiger partial charge in [-0.2, -0.15) is 0 Å². The van der Waals surface area contributed by atoms with Gasteiger partial charge in [-0.25, -0.2) is 0 Å². The van der Waals surface area contributed by atoms with Crippen molar-refractivity contribution in [3.8, 4) is 0 Å². The SMILES string of the molecule is CC1COCCN(c2ccncc2Br)C1. The molecule has 1 atom stereocenters. The maximum absolute atomic E-state index is 5.53. The summed E-state index contributed by atoms with van der Waals surface area (Å²) in [5.74, 6) is 0.576. The number of nitrogens with zero attached hydrogens (tertiary/aromatic N) is 2. The van der Waals surface area contributed by atoms with E-state index in [1.807, 2.05) is 18.5 Å². The first-order valence-corrected chi connectivity index (χ1v) is 5.99. The molecule has 1 aromatic heterocycles. The fraction of sp³-hybridized carbons (Fsp3) is 0.545. The molecule has 4 heteroatoms. The van der Waals surface area contributed by atoms with Crippen molar-refractivity contribution in [2.45, 2.75) is 6.92 Å². The van der Waals surface area contributed by atoms with Crippen molar-refractivity contribution >= 4 is 21.6 Å². The second kappa shape index (κ2) is 4.94. The Labute approximate surface area is 98.6 Å². The second-order valence-electron chi connectivity index (χ2n) is 3.95. The molecule has 0 aromatic carbocycles. The molecule has 0 saturated carbocycles. The highest BCUT2D eigenvalue weighted by Gasteiger charge is 2.16. The van der Waals surface area contributed by atoms with Crippen LogP contribution in [0.4, 0.5) is 5.69 Å². The molecule has 1 aliphatic rings. The van der Waals surface area contributed by atoms with Crippen molar-refractivity contribution < 1.29 is 4.74 Å². The van der Waals surface area contributed by atoms with Crippen molar-refractivity contribution in [1.82, 2.24) is 4.98 Å². The summed E-state index contributed by atoms with van der Waals surface area (Å²) in [6.07, 6.45) is 3.67. The second-order valence-corrected chi connectivity index (χ2v) is 4.81. The number of rotatable bonds is 1. The number of aromatic nitrogens is 1. The number of halogens is 1. The summed E-state index contributed by atoms with van der Waals surface area (Å²) in [6, 6.07) is 2.04. The summed E-state index contributed by atoms with van der Waals surface area (Å²) in [4.78, 5) is 6.43. The molecular formula is C11H15BrN2O. The third kappa shape index (κ3) is 2.69. The molecule has 0 bridgehead atoms. The maximum Gasteiger partial charge on any atom is 0.0641 e. The van der Waals surface area contributed by atoms with E-state index in [1.54, 1.807) is 0 Å². The average Bonchev–Trinajstić information content (AvgIpc) is 2.43. The number of ether oxygens (including phenoxy) is 1. The lowest BCUT2D eigenvalue weighted by atomic mass is 10.2. The van der Waals surface area contributed by atoms with E-state index in [-0.39, 0.29) is 0 Å². The van der Waals surface area contributed by atoms with E-state index in [1.165, 1.54) is 5.69 Å². The van der Waals surface area contributed by atoms with Crippen LogP contribution in [0.25, 0.3) is 0 Å². The van der Waals surface area contributed by atoms with Crippen LogP contribution < -0.4 is 4.90 Å². The average molecular weight is 271 g/mol. The molecule has 0 N–H and O–H groups in total. The first-order valence-electron chi connectivity index (χ1n) is 5.19. The molecule has 1 unspecified atom stereocenters. The Kier molecular flexibility index (Phi) is 3.59. The minimum absolute atomic E-state index is 0.576. The van der Waals surface area contributed by atoms with Crippen LogP contribution in [0.3, 0.4) is 0 Å². The van der Waals surface area contributed by atoms with Crippen molar-refractivity contribution in [1.29, 1.82) is 0 Å². The summed E-state index contributed by atoms with van der Waals surface area (Å²) < 4.78 is 6.58. The lowest BCUT2D eigenvalue weighted by molar-refractivity contribution is 0.129. The minimum Gasteiger partial charge on any atom is -0.379 e. The van der Waals surface area contributed by atoms with E-state index in [4.69, 9.17) is 4.74 Å². The van der Waals surface area contributed by atoms with Gasteiger partial charge in [0.2, 0.25) is 0 Å². The Balaban J connectivity index is 2.18. The molecular weight excluding hydrogens is 256 g/mol. The first-order chi connectivity index (χ1) is 7.27. The summed E-state index contributed by atoms with van der Waals surface area (Å²) in [5.41, 5.74) is 1.21. The van der Waals surface area contributed by atoms with Gasteiger partial charge in [0.15, 0.2) is 0 Å². The number of anilines is 1. The highest BCUT2D eigenvalue weighted by atomic mass is 79.9. The Morgan fingerprint density at radius 2 is 2.47 bits per heavy atom. The van der Waals surface area contributed by atoms with E-state index in [9.17, 15) is 0 Å². The van der Waals surface area contributed by atoms with Crippen LogP contribution >= 0.6 is 15.9 Å². The molecule has 2 rings (SSSR count). The van der Waals surface area contributed by atoms with E-state index >= 15 is 0 Å². The van der Waals surface area contributed by atoms with Crippen LogP contribution in [0.1, 0.15) is 6.92 Å². The van der Waals surface area contributed by atoms with E-state index in [0.29, 0.717) is 5.92 Å². The van der Waals surface area contributed by atoms with Gasteiger partial charge in [-0.05, 0) is 27.9 Å². The zero-order valence-electron chi connectivity index (χ0n) is 8.82. The number of hydrogen-bond donors (Lipinski definition) is 0. The van der Waals surface area contributed by atoms with Gasteiger partial charge in [-0.15, -0.1) is 0 Å². The standard InChI is InChI=1S/C11H15BrN2O/c1-9-7-14(4-5-15-8-9)11-2-3-13-6-10(11)12/h2-3,6,9H,4-5,7-8H2,1H3. The van der Waals surface area contributed by atoms with Gasteiger partial charge in [-0.3, -0.25) is 4.98 Å². The minimum atomic E-state index is 0.576. The molecule has 2 heterocycles. The third-order valence-corrected chi connectivity index (χ3v) is 3.14. The molecule has 0 aliphatic carbocycles. The van der Waals surface area contributed by atoms with Crippen molar-refractivity contribution in [3.05, 3.63) is 22.9 Å². The van der Waals surface area contributed by atoms with Crippen LogP contribution in [0.15, 0.2) is 22.9 Å². The lowest BCUT2D eigenvalue weighted by Crippen LogP contribution is -2.29. The van der Waals surface area contributed by atoms with Crippen LogP contribution in [0, 0.1) is 5.92 Å². The first kappa shape index (κ1) is 10.9. The molecule has 0 radical (unpaired) electrons. The van der Waals surface area contributed by atoms with Crippen molar-refractivity contribution in [2.24, 2.45) is 5.92 Å². The molecule has 0 spiro atoms. The molecule has 1 fully saturated rings. The Morgan fingerprint density at radius 3 is 3.27 bits per heavy atom. The largest absolute Gasteiger partial charge is 0.379 e. The lowest BCUT2D eigenvalue weighted by Gasteiger charge is -2.24. The van der Waals surface area contributed by atoms with Crippen LogP contribution in [0.2, 0.25) is 0 Å². The molecule has 1 saturated heterocycles. The molecule has 82 valence electrons. The Hall–Kier alpha value is -0.610. The fourth-order valence-electron chi connectivity index (χ4n) is 1.82. The fourth-order valence-corrected chi connectivity index (χ4v) is 2.32. The number of hydrogen-bond acceptors (Lipinski definition) is 3. The highest BCUT2D eigenvalue weighted by Crippen LogP contribution is 2.26. The predicted octanol–water partition coefficient (Wildman–Crippen LogP) is 2.32. The molecule has 3 nitrogen and oxygen atoms in total. The quantitative estimate of drug-likeness (QED) is 0.783. The molecule has 15 heavy (non-hydrogen) atoms. The normalized spacial score (nSPS) is 22.5. The van der Waals surface area contributed by atoms with Gasteiger partial charge < -0.3 is 9.64 Å². The van der Waals surface area contributed by atoms with Gasteiger partial charge >= 0.3 is 0 Å². The van der Waals surface area contributed by atoms with Crippen molar-refractivity contribution in [3.63, 3.8) is 0 Å². The van der Waals surface area contributed by atoms with E-state index in [2.05, 4.69) is 32.7 Å². The highest BCUT2D eigenvalue weighted by molar-refractivity contribution is 9.10. The molecule has 1 aromatic rings. The number of pyridine rings is 1. The van der Waals surface area contributed by atoms with E-state index < -0.39 is 0 Å². The van der Waals surface area contributed by atoms with Gasteiger partial charge in [0.25, 0.3) is 0 Å².